The predicted molar refractivity (Wildman–Crippen MR) is 51.2 cm³/mol. The Morgan fingerprint density at radius 2 is 2.00 bits per heavy atom. The van der Waals surface area contributed by atoms with Gasteiger partial charge in [0.1, 0.15) is 5.78 Å². The highest BCUT2D eigenvalue weighted by Gasteiger charge is 2.45. The van der Waals surface area contributed by atoms with Gasteiger partial charge in [0.15, 0.2) is 0 Å². The Balaban J connectivity index is 2.30. The lowest BCUT2D eigenvalue weighted by molar-refractivity contribution is -0.119. The zero-order chi connectivity index (χ0) is 9.00. The van der Waals surface area contributed by atoms with Gasteiger partial charge in [-0.05, 0) is 30.0 Å². The Morgan fingerprint density at radius 1 is 1.23 bits per heavy atom. The van der Waals surface area contributed by atoms with Crippen LogP contribution in [0.3, 0.4) is 0 Å². The Hall–Kier alpha value is -0.820. The molecule has 0 aromatic heterocycles. The maximum absolute atomic E-state index is 11.7. The Kier molecular flexibility index (Phi) is 1.37. The molecule has 0 radical (unpaired) electrons. The topological polar surface area (TPSA) is 17.1 Å². The molecule has 13 heavy (non-hydrogen) atoms. The van der Waals surface area contributed by atoms with E-state index in [0.717, 1.165) is 23.4 Å². The molecule has 2 atom stereocenters. The van der Waals surface area contributed by atoms with Crippen molar-refractivity contribution in [1.82, 2.24) is 0 Å². The van der Waals surface area contributed by atoms with E-state index in [0.29, 0.717) is 5.78 Å². The van der Waals surface area contributed by atoms with Gasteiger partial charge in [0, 0.05) is 16.9 Å². The summed E-state index contributed by atoms with van der Waals surface area (Å²) in [5, 5.41) is 0.776. The summed E-state index contributed by atoms with van der Waals surface area (Å²) < 4.78 is 0. The quantitative estimate of drug-likeness (QED) is 0.618. The lowest BCUT2D eigenvalue weighted by Crippen LogP contribution is -1.99. The minimum atomic E-state index is 0.119. The first kappa shape index (κ1) is 7.57. The number of halogens is 1. The fourth-order valence-corrected chi connectivity index (χ4v) is 2.99. The van der Waals surface area contributed by atoms with Crippen molar-refractivity contribution in [3.8, 4) is 0 Å². The zero-order valence-electron chi connectivity index (χ0n) is 7.09. The molecule has 1 fully saturated rings. The van der Waals surface area contributed by atoms with Crippen molar-refractivity contribution in [2.45, 2.75) is 24.7 Å². The molecule has 2 bridgehead atoms. The van der Waals surface area contributed by atoms with E-state index in [9.17, 15) is 4.79 Å². The number of ketones is 1. The fourth-order valence-electron chi connectivity index (χ4n) is 2.68. The van der Waals surface area contributed by atoms with E-state index in [2.05, 4.69) is 0 Å². The molecule has 0 heterocycles. The predicted octanol–water partition coefficient (Wildman–Crippen LogP) is 2.88. The van der Waals surface area contributed by atoms with Crippen molar-refractivity contribution < 1.29 is 4.79 Å². The fraction of sp³-hybridized carbons (Fsp3) is 0.364. The van der Waals surface area contributed by atoms with E-state index in [1.807, 2.05) is 18.2 Å². The Labute approximate surface area is 81.7 Å². The molecule has 0 aliphatic heterocycles. The van der Waals surface area contributed by atoms with E-state index >= 15 is 0 Å². The number of carbonyl (C=O) groups is 1. The summed E-state index contributed by atoms with van der Waals surface area (Å²) in [6.07, 6.45) is 2.02. The molecule has 1 aromatic carbocycles. The molecule has 1 aromatic rings. The highest BCUT2D eigenvalue weighted by Crippen LogP contribution is 2.52. The summed E-state index contributed by atoms with van der Waals surface area (Å²) in [5.41, 5.74) is 2.30. The molecule has 1 saturated carbocycles. The second-order valence-electron chi connectivity index (χ2n) is 3.83. The summed E-state index contributed by atoms with van der Waals surface area (Å²) in [6.45, 7) is 0. The minimum Gasteiger partial charge on any atom is -0.298 e. The van der Waals surface area contributed by atoms with E-state index in [1.165, 1.54) is 5.56 Å². The standard InChI is InChI=1S/C11H9ClO/c12-9-3-1-2-6-7-4-5-8(10(6)9)11(7)13/h1-3,7-8H,4-5H2/t7-,8+/m0/s1. The molecule has 1 nitrogen and oxygen atoms in total. The molecule has 3 rings (SSSR count). The maximum Gasteiger partial charge on any atom is 0.147 e. The number of carbonyl (C=O) groups excluding carboxylic acids is 1. The lowest BCUT2D eigenvalue weighted by Gasteiger charge is -2.13. The van der Waals surface area contributed by atoms with Gasteiger partial charge in [0.25, 0.3) is 0 Å². The normalized spacial score (nSPS) is 29.5. The molecule has 0 saturated heterocycles. The highest BCUT2D eigenvalue weighted by atomic mass is 35.5. The van der Waals surface area contributed by atoms with Gasteiger partial charge in [-0.3, -0.25) is 4.79 Å². The first-order chi connectivity index (χ1) is 6.29. The van der Waals surface area contributed by atoms with Crippen molar-refractivity contribution in [1.29, 1.82) is 0 Å². The zero-order valence-corrected chi connectivity index (χ0v) is 7.84. The van der Waals surface area contributed by atoms with Gasteiger partial charge in [-0.2, -0.15) is 0 Å². The third-order valence-electron chi connectivity index (χ3n) is 3.24. The molecular weight excluding hydrogens is 184 g/mol. The van der Waals surface area contributed by atoms with Gasteiger partial charge in [-0.15, -0.1) is 0 Å². The van der Waals surface area contributed by atoms with Crippen LogP contribution in [0, 0.1) is 0 Å². The molecule has 2 heteroatoms. The molecule has 66 valence electrons. The van der Waals surface area contributed by atoms with Crippen LogP contribution in [-0.2, 0) is 4.79 Å². The summed E-state index contributed by atoms with van der Waals surface area (Å²) in [7, 11) is 0. The van der Waals surface area contributed by atoms with Crippen molar-refractivity contribution in [2.75, 3.05) is 0 Å². The Bertz CT molecular complexity index is 397. The van der Waals surface area contributed by atoms with Crippen LogP contribution >= 0.6 is 11.6 Å². The summed E-state index contributed by atoms with van der Waals surface area (Å²) >= 11 is 6.08. The van der Waals surface area contributed by atoms with Crippen LogP contribution in [-0.4, -0.2) is 5.78 Å². The molecule has 2 aliphatic carbocycles. The van der Waals surface area contributed by atoms with Crippen molar-refractivity contribution >= 4 is 17.4 Å². The number of hydrogen-bond donors (Lipinski definition) is 0. The summed E-state index contributed by atoms with van der Waals surface area (Å²) in [6, 6.07) is 5.87. The monoisotopic (exact) mass is 192 g/mol. The number of hydrogen-bond acceptors (Lipinski definition) is 1. The molecular formula is C11H9ClO. The first-order valence-corrected chi connectivity index (χ1v) is 4.99. The molecule has 0 unspecified atom stereocenters. The van der Waals surface area contributed by atoms with Crippen molar-refractivity contribution in [3.05, 3.63) is 34.3 Å². The summed E-state index contributed by atoms with van der Waals surface area (Å²) in [5.74, 6) is 0.676. The molecule has 2 aliphatic rings. The van der Waals surface area contributed by atoms with Crippen LogP contribution in [0.25, 0.3) is 0 Å². The van der Waals surface area contributed by atoms with Crippen LogP contribution in [0.4, 0.5) is 0 Å². The second-order valence-corrected chi connectivity index (χ2v) is 4.23. The first-order valence-electron chi connectivity index (χ1n) is 4.61. The number of fused-ring (bicyclic) bond motifs is 5. The second kappa shape index (κ2) is 2.36. The number of benzene rings is 1. The van der Waals surface area contributed by atoms with Crippen molar-refractivity contribution in [2.24, 2.45) is 0 Å². The molecule has 0 spiro atoms. The lowest BCUT2D eigenvalue weighted by atomic mass is 9.92. The van der Waals surface area contributed by atoms with Crippen LogP contribution < -0.4 is 0 Å². The van der Waals surface area contributed by atoms with Gasteiger partial charge in [0.05, 0.1) is 0 Å². The van der Waals surface area contributed by atoms with Gasteiger partial charge < -0.3 is 0 Å². The van der Waals surface area contributed by atoms with E-state index in [-0.39, 0.29) is 11.8 Å². The SMILES string of the molecule is O=C1[C@H]2CC[C@@H]1c1c(Cl)cccc12. The molecule has 0 N–H and O–H groups in total. The molecule has 0 amide bonds. The third kappa shape index (κ3) is 0.806. The van der Waals surface area contributed by atoms with Crippen molar-refractivity contribution in [3.63, 3.8) is 0 Å². The van der Waals surface area contributed by atoms with Crippen LogP contribution in [0.2, 0.25) is 5.02 Å². The Morgan fingerprint density at radius 3 is 2.77 bits per heavy atom. The van der Waals surface area contributed by atoms with Gasteiger partial charge in [-0.1, -0.05) is 23.7 Å². The smallest absolute Gasteiger partial charge is 0.147 e. The average molecular weight is 193 g/mol. The van der Waals surface area contributed by atoms with Gasteiger partial charge in [0.2, 0.25) is 0 Å². The van der Waals surface area contributed by atoms with E-state index in [4.69, 9.17) is 11.6 Å². The number of Topliss-reactive ketones (excluding diaryl/α,β-unsaturated/α-hetero) is 1. The maximum atomic E-state index is 11.7. The van der Waals surface area contributed by atoms with Gasteiger partial charge >= 0.3 is 0 Å². The number of rotatable bonds is 0. The van der Waals surface area contributed by atoms with Crippen LogP contribution in [0.15, 0.2) is 18.2 Å². The average Bonchev–Trinajstić information content (AvgIpc) is 2.61. The largest absolute Gasteiger partial charge is 0.298 e. The summed E-state index contributed by atoms with van der Waals surface area (Å²) in [4.78, 5) is 11.7. The third-order valence-corrected chi connectivity index (χ3v) is 3.57. The van der Waals surface area contributed by atoms with Crippen LogP contribution in [0.5, 0.6) is 0 Å². The highest BCUT2D eigenvalue weighted by molar-refractivity contribution is 6.32. The minimum absolute atomic E-state index is 0.119. The van der Waals surface area contributed by atoms with Gasteiger partial charge in [-0.25, -0.2) is 0 Å². The van der Waals surface area contributed by atoms with E-state index < -0.39 is 0 Å². The van der Waals surface area contributed by atoms with E-state index in [1.54, 1.807) is 0 Å². The van der Waals surface area contributed by atoms with Crippen LogP contribution in [0.1, 0.15) is 35.8 Å².